The zero-order valence-corrected chi connectivity index (χ0v) is 16.8. The monoisotopic (exact) mass is 376 g/mol. The van der Waals surface area contributed by atoms with E-state index in [4.69, 9.17) is 4.74 Å². The molecule has 25 heavy (non-hydrogen) atoms. The molecule has 2 unspecified atom stereocenters. The lowest BCUT2D eigenvalue weighted by molar-refractivity contribution is -0.133. The molecule has 0 spiro atoms. The highest BCUT2D eigenvalue weighted by atomic mass is 32.2. The fourth-order valence-corrected chi connectivity index (χ4v) is 4.89. The molecule has 2 rings (SSSR count). The molecule has 9 heteroatoms. The third-order valence-corrected chi connectivity index (χ3v) is 6.86. The summed E-state index contributed by atoms with van der Waals surface area (Å²) in [5, 5.41) is 0. The lowest BCUT2D eigenvalue weighted by atomic mass is 10.3. The molecule has 2 atom stereocenters. The van der Waals surface area contributed by atoms with Gasteiger partial charge in [-0.1, -0.05) is 0 Å². The molecule has 2 saturated heterocycles. The minimum atomic E-state index is -3.50. The van der Waals surface area contributed by atoms with Gasteiger partial charge >= 0.3 is 0 Å². The van der Waals surface area contributed by atoms with E-state index in [2.05, 4.69) is 0 Å². The van der Waals surface area contributed by atoms with E-state index in [-0.39, 0.29) is 18.1 Å². The summed E-state index contributed by atoms with van der Waals surface area (Å²) >= 11 is 0. The molecule has 2 fully saturated rings. The van der Waals surface area contributed by atoms with Crippen molar-refractivity contribution in [1.82, 2.24) is 18.4 Å². The Balaban J connectivity index is 1.91. The molecule has 2 aliphatic rings. The maximum absolute atomic E-state index is 12.9. The van der Waals surface area contributed by atoms with E-state index in [0.29, 0.717) is 51.9 Å². The van der Waals surface area contributed by atoms with Crippen LogP contribution in [0.1, 0.15) is 27.7 Å². The Kier molecular flexibility index (Phi) is 6.83. The van der Waals surface area contributed by atoms with E-state index in [9.17, 15) is 13.2 Å². The van der Waals surface area contributed by atoms with Crippen LogP contribution in [0.25, 0.3) is 0 Å². The number of hydrogen-bond acceptors (Lipinski definition) is 5. The topological polar surface area (TPSA) is 73.4 Å². The zero-order chi connectivity index (χ0) is 18.8. The van der Waals surface area contributed by atoms with Crippen LogP contribution in [0.2, 0.25) is 0 Å². The van der Waals surface area contributed by atoms with Crippen LogP contribution in [0, 0.1) is 0 Å². The van der Waals surface area contributed by atoms with Crippen molar-refractivity contribution in [2.24, 2.45) is 0 Å². The number of carbonyl (C=O) groups excluding carboxylic acids is 1. The molecule has 0 N–H and O–H groups in total. The predicted octanol–water partition coefficient (Wildman–Crippen LogP) is -0.175. The predicted molar refractivity (Wildman–Crippen MR) is 96.4 cm³/mol. The number of amides is 1. The summed E-state index contributed by atoms with van der Waals surface area (Å²) in [5.74, 6) is 0.0573. The van der Waals surface area contributed by atoms with E-state index in [0.717, 1.165) is 0 Å². The normalized spacial score (nSPS) is 27.2. The highest BCUT2D eigenvalue weighted by Crippen LogP contribution is 2.19. The SMILES string of the molecule is CC1CN(S(=O)(=O)N2CCN(C(=O)CN(C)C(C)C)CC2)CC(C)O1. The summed E-state index contributed by atoms with van der Waals surface area (Å²) in [6, 6.07) is 0.302. The quantitative estimate of drug-likeness (QED) is 0.666. The standard InChI is InChI=1S/C16H32N4O4S/c1-13(2)17(5)12-16(21)18-6-8-19(9-7-18)25(22,23)20-10-14(3)24-15(4)11-20/h13-15H,6-12H2,1-5H3. The molecule has 0 aromatic rings. The molecule has 2 aliphatic heterocycles. The smallest absolute Gasteiger partial charge is 0.282 e. The zero-order valence-electron chi connectivity index (χ0n) is 16.0. The molecule has 0 aromatic carbocycles. The van der Waals surface area contributed by atoms with Gasteiger partial charge in [-0.2, -0.15) is 17.0 Å². The number of nitrogens with zero attached hydrogens (tertiary/aromatic N) is 4. The number of piperazine rings is 1. The van der Waals surface area contributed by atoms with Crippen LogP contribution in [0.4, 0.5) is 0 Å². The van der Waals surface area contributed by atoms with Crippen molar-refractivity contribution in [1.29, 1.82) is 0 Å². The molecule has 0 aliphatic carbocycles. The molecule has 146 valence electrons. The Morgan fingerprint density at radius 1 is 1.08 bits per heavy atom. The second-order valence-corrected chi connectivity index (χ2v) is 9.30. The van der Waals surface area contributed by atoms with Gasteiger partial charge in [0.05, 0.1) is 18.8 Å². The maximum atomic E-state index is 12.9. The average Bonchev–Trinajstić information content (AvgIpc) is 2.53. The summed E-state index contributed by atoms with van der Waals surface area (Å²) < 4.78 is 34.3. The Bertz CT molecular complexity index is 550. The van der Waals surface area contributed by atoms with Gasteiger partial charge in [0.15, 0.2) is 0 Å². The first-order chi connectivity index (χ1) is 11.6. The second kappa shape index (κ2) is 8.30. The molecule has 2 heterocycles. The second-order valence-electron chi connectivity index (χ2n) is 7.37. The number of likely N-dealkylation sites (N-methyl/N-ethyl adjacent to an activating group) is 1. The summed E-state index contributed by atoms with van der Waals surface area (Å²) in [6.07, 6.45) is -0.207. The van der Waals surface area contributed by atoms with Gasteiger partial charge in [-0.3, -0.25) is 9.69 Å². The number of hydrogen-bond donors (Lipinski definition) is 0. The minimum absolute atomic E-state index is 0.0573. The fourth-order valence-electron chi connectivity index (χ4n) is 3.15. The lowest BCUT2D eigenvalue weighted by Crippen LogP contribution is -2.58. The van der Waals surface area contributed by atoms with Crippen molar-refractivity contribution in [2.75, 3.05) is 52.9 Å². The lowest BCUT2D eigenvalue weighted by Gasteiger charge is -2.40. The highest BCUT2D eigenvalue weighted by Gasteiger charge is 2.37. The largest absolute Gasteiger partial charge is 0.373 e. The van der Waals surface area contributed by atoms with Crippen LogP contribution in [0.15, 0.2) is 0 Å². The minimum Gasteiger partial charge on any atom is -0.373 e. The molecule has 0 aromatic heterocycles. The van der Waals surface area contributed by atoms with Crippen LogP contribution < -0.4 is 0 Å². The third kappa shape index (κ3) is 5.13. The van der Waals surface area contributed by atoms with Gasteiger partial charge in [0.25, 0.3) is 10.2 Å². The van der Waals surface area contributed by atoms with Crippen LogP contribution in [0.5, 0.6) is 0 Å². The number of morpholine rings is 1. The Morgan fingerprint density at radius 2 is 1.60 bits per heavy atom. The Hall–Kier alpha value is -0.740. The van der Waals surface area contributed by atoms with Gasteiger partial charge in [-0.15, -0.1) is 0 Å². The van der Waals surface area contributed by atoms with Gasteiger partial charge in [0, 0.05) is 45.3 Å². The van der Waals surface area contributed by atoms with Crippen LogP contribution in [-0.2, 0) is 19.7 Å². The van der Waals surface area contributed by atoms with Crippen molar-refractivity contribution in [2.45, 2.75) is 45.9 Å². The van der Waals surface area contributed by atoms with Gasteiger partial charge in [0.1, 0.15) is 0 Å². The van der Waals surface area contributed by atoms with Crippen molar-refractivity contribution in [3.63, 3.8) is 0 Å². The van der Waals surface area contributed by atoms with Gasteiger partial charge < -0.3 is 9.64 Å². The average molecular weight is 377 g/mol. The van der Waals surface area contributed by atoms with Crippen LogP contribution in [0.3, 0.4) is 0 Å². The van der Waals surface area contributed by atoms with Crippen molar-refractivity contribution in [3.05, 3.63) is 0 Å². The number of ether oxygens (including phenoxy) is 1. The first kappa shape index (κ1) is 20.6. The van der Waals surface area contributed by atoms with Crippen LogP contribution in [-0.4, -0.2) is 104 Å². The molecular formula is C16H32N4O4S. The van der Waals surface area contributed by atoms with E-state index >= 15 is 0 Å². The first-order valence-corrected chi connectivity index (χ1v) is 10.4. The third-order valence-electron chi connectivity index (χ3n) is 4.90. The van der Waals surface area contributed by atoms with Crippen LogP contribution >= 0.6 is 0 Å². The van der Waals surface area contributed by atoms with Gasteiger partial charge in [-0.05, 0) is 34.7 Å². The van der Waals surface area contributed by atoms with E-state index in [1.165, 1.54) is 8.61 Å². The number of rotatable bonds is 5. The van der Waals surface area contributed by atoms with E-state index < -0.39 is 10.2 Å². The first-order valence-electron chi connectivity index (χ1n) is 9.00. The maximum Gasteiger partial charge on any atom is 0.282 e. The molecular weight excluding hydrogens is 344 g/mol. The molecule has 0 radical (unpaired) electrons. The Labute approximate surface area is 151 Å². The molecule has 1 amide bonds. The van der Waals surface area contributed by atoms with Crippen molar-refractivity contribution < 1.29 is 17.9 Å². The summed E-state index contributed by atoms with van der Waals surface area (Å²) in [6.45, 7) is 10.6. The van der Waals surface area contributed by atoms with E-state index in [1.807, 2.05) is 39.6 Å². The highest BCUT2D eigenvalue weighted by molar-refractivity contribution is 7.86. The summed E-state index contributed by atoms with van der Waals surface area (Å²) in [4.78, 5) is 16.1. The van der Waals surface area contributed by atoms with E-state index in [1.54, 1.807) is 4.90 Å². The van der Waals surface area contributed by atoms with Crippen molar-refractivity contribution >= 4 is 16.1 Å². The Morgan fingerprint density at radius 3 is 2.08 bits per heavy atom. The van der Waals surface area contributed by atoms with Crippen molar-refractivity contribution in [3.8, 4) is 0 Å². The number of carbonyl (C=O) groups is 1. The van der Waals surface area contributed by atoms with Gasteiger partial charge in [-0.25, -0.2) is 0 Å². The molecule has 0 bridgehead atoms. The summed E-state index contributed by atoms with van der Waals surface area (Å²) in [7, 11) is -1.58. The molecule has 0 saturated carbocycles. The summed E-state index contributed by atoms with van der Waals surface area (Å²) in [5.41, 5.74) is 0. The molecule has 8 nitrogen and oxygen atoms in total. The van der Waals surface area contributed by atoms with Gasteiger partial charge in [0.2, 0.25) is 5.91 Å². The fraction of sp³-hybridized carbons (Fsp3) is 0.938.